The number of benzene rings is 1. The maximum absolute atomic E-state index is 13.8. The second kappa shape index (κ2) is 7.37. The van der Waals surface area contributed by atoms with Gasteiger partial charge in [0.25, 0.3) is 5.91 Å². The number of esters is 1. The van der Waals surface area contributed by atoms with Crippen molar-refractivity contribution in [1.29, 1.82) is 0 Å². The van der Waals surface area contributed by atoms with Crippen molar-refractivity contribution in [2.24, 2.45) is 0 Å². The Bertz CT molecular complexity index is 558. The number of carbonyl (C=O) groups is 3. The minimum Gasteiger partial charge on any atom is -0.480 e. The van der Waals surface area contributed by atoms with Crippen LogP contribution in [0.5, 0.6) is 0 Å². The number of amides is 1. The molecule has 0 aromatic heterocycles. The first-order chi connectivity index (χ1) is 9.86. The van der Waals surface area contributed by atoms with Gasteiger partial charge in [0, 0.05) is 6.42 Å². The van der Waals surface area contributed by atoms with Gasteiger partial charge in [-0.25, -0.2) is 9.18 Å². The zero-order valence-electron chi connectivity index (χ0n) is 11.7. The Morgan fingerprint density at radius 1 is 1.38 bits per heavy atom. The number of hydrogen-bond donors (Lipinski definition) is 2. The molecule has 0 saturated heterocycles. The van der Waals surface area contributed by atoms with E-state index in [1.807, 2.05) is 0 Å². The lowest BCUT2D eigenvalue weighted by molar-refractivity contribution is -0.142. The molecule has 1 aromatic rings. The Labute approximate surface area is 120 Å². The van der Waals surface area contributed by atoms with E-state index in [9.17, 15) is 18.8 Å². The van der Waals surface area contributed by atoms with Crippen molar-refractivity contribution >= 4 is 17.8 Å². The van der Waals surface area contributed by atoms with Crippen LogP contribution < -0.4 is 5.32 Å². The molecule has 114 valence electrons. The van der Waals surface area contributed by atoms with Crippen molar-refractivity contribution in [3.8, 4) is 0 Å². The molecule has 6 nitrogen and oxygen atoms in total. The van der Waals surface area contributed by atoms with Crippen LogP contribution in [0.2, 0.25) is 0 Å². The number of ether oxygens (including phenoxy) is 1. The maximum Gasteiger partial charge on any atom is 0.326 e. The zero-order chi connectivity index (χ0) is 16.0. The van der Waals surface area contributed by atoms with Crippen LogP contribution in [0.4, 0.5) is 4.39 Å². The summed E-state index contributed by atoms with van der Waals surface area (Å²) in [4.78, 5) is 34.0. The summed E-state index contributed by atoms with van der Waals surface area (Å²) in [6.45, 7) is 1.50. The third-order valence-corrected chi connectivity index (χ3v) is 2.90. The topological polar surface area (TPSA) is 92.7 Å². The lowest BCUT2D eigenvalue weighted by atomic mass is 10.1. The molecule has 0 aliphatic rings. The number of carboxylic acids is 1. The van der Waals surface area contributed by atoms with Crippen LogP contribution in [0, 0.1) is 12.7 Å². The van der Waals surface area contributed by atoms with E-state index in [4.69, 9.17) is 5.11 Å². The summed E-state index contributed by atoms with van der Waals surface area (Å²) >= 11 is 0. The van der Waals surface area contributed by atoms with Crippen molar-refractivity contribution in [3.63, 3.8) is 0 Å². The van der Waals surface area contributed by atoms with Gasteiger partial charge in [-0.3, -0.25) is 9.59 Å². The Hall–Kier alpha value is -2.44. The van der Waals surface area contributed by atoms with Crippen molar-refractivity contribution in [2.45, 2.75) is 25.8 Å². The minimum atomic E-state index is -1.31. The molecule has 1 rings (SSSR count). The van der Waals surface area contributed by atoms with Gasteiger partial charge in [0.1, 0.15) is 11.9 Å². The van der Waals surface area contributed by atoms with Crippen LogP contribution in [-0.2, 0) is 14.3 Å². The molecule has 0 bridgehead atoms. The Balaban J connectivity index is 2.79. The largest absolute Gasteiger partial charge is 0.480 e. The van der Waals surface area contributed by atoms with Gasteiger partial charge in [-0.1, -0.05) is 12.1 Å². The average molecular weight is 297 g/mol. The molecule has 0 fully saturated rings. The smallest absolute Gasteiger partial charge is 0.326 e. The molecule has 0 aliphatic heterocycles. The molecule has 0 spiro atoms. The van der Waals surface area contributed by atoms with Gasteiger partial charge in [-0.15, -0.1) is 0 Å². The van der Waals surface area contributed by atoms with E-state index in [0.717, 1.165) is 0 Å². The highest BCUT2D eigenvalue weighted by atomic mass is 19.1. The standard InChI is InChI=1S/C14H16FNO5/c1-8-4-3-5-9(12(8)15)13(18)16-10(14(19)20)6-7-11(17)21-2/h3-5,10H,6-7H2,1-2H3,(H,16,18)(H,19,20)/t10-/m0/s1. The van der Waals surface area contributed by atoms with Crippen molar-refractivity contribution in [2.75, 3.05) is 7.11 Å². The number of methoxy groups -OCH3 is 1. The highest BCUT2D eigenvalue weighted by Crippen LogP contribution is 2.12. The number of aryl methyl sites for hydroxylation is 1. The van der Waals surface area contributed by atoms with Crippen molar-refractivity contribution < 1.29 is 28.6 Å². The summed E-state index contributed by atoms with van der Waals surface area (Å²) in [5.41, 5.74) is 0.0448. The number of aliphatic carboxylic acids is 1. The molecule has 1 aromatic carbocycles. The van der Waals surface area contributed by atoms with E-state index in [-0.39, 0.29) is 24.0 Å². The zero-order valence-corrected chi connectivity index (χ0v) is 11.7. The fourth-order valence-corrected chi connectivity index (χ4v) is 1.68. The van der Waals surface area contributed by atoms with Crippen LogP contribution in [0.15, 0.2) is 18.2 Å². The summed E-state index contributed by atoms with van der Waals surface area (Å²) in [6, 6.07) is 2.96. The van der Waals surface area contributed by atoms with Crippen LogP contribution in [-0.4, -0.2) is 36.1 Å². The quantitative estimate of drug-likeness (QED) is 0.771. The molecule has 0 heterocycles. The van der Waals surface area contributed by atoms with E-state index in [1.165, 1.54) is 32.2 Å². The predicted molar refractivity (Wildman–Crippen MR) is 71.3 cm³/mol. The van der Waals surface area contributed by atoms with Crippen molar-refractivity contribution in [3.05, 3.63) is 35.1 Å². The first kappa shape index (κ1) is 16.6. The third kappa shape index (κ3) is 4.55. The fraction of sp³-hybridized carbons (Fsp3) is 0.357. The van der Waals surface area contributed by atoms with E-state index in [1.54, 1.807) is 0 Å². The predicted octanol–water partition coefficient (Wildman–Crippen LogP) is 1.27. The lowest BCUT2D eigenvalue weighted by Crippen LogP contribution is -2.41. The summed E-state index contributed by atoms with van der Waals surface area (Å²) in [7, 11) is 1.18. The van der Waals surface area contributed by atoms with Crippen LogP contribution in [0.25, 0.3) is 0 Å². The SMILES string of the molecule is COC(=O)CC[C@H](NC(=O)c1cccc(C)c1F)C(=O)O. The highest BCUT2D eigenvalue weighted by molar-refractivity contribution is 5.97. The van der Waals surface area contributed by atoms with Gasteiger partial charge in [-0.2, -0.15) is 0 Å². The number of rotatable bonds is 6. The van der Waals surface area contributed by atoms with Gasteiger partial charge in [0.05, 0.1) is 12.7 Å². The summed E-state index contributed by atoms with van der Waals surface area (Å²) < 4.78 is 18.2. The van der Waals surface area contributed by atoms with Gasteiger partial charge in [0.15, 0.2) is 0 Å². The van der Waals surface area contributed by atoms with Gasteiger partial charge >= 0.3 is 11.9 Å². The van der Waals surface area contributed by atoms with Gasteiger partial charge in [-0.05, 0) is 25.0 Å². The summed E-state index contributed by atoms with van der Waals surface area (Å²) in [5, 5.41) is 11.2. The number of carboxylic acid groups (broad SMARTS) is 1. The summed E-state index contributed by atoms with van der Waals surface area (Å²) in [5.74, 6) is -3.43. The van der Waals surface area contributed by atoms with Crippen LogP contribution >= 0.6 is 0 Å². The van der Waals surface area contributed by atoms with E-state index in [0.29, 0.717) is 0 Å². The van der Waals surface area contributed by atoms with E-state index < -0.39 is 29.7 Å². The Kier molecular flexibility index (Phi) is 5.83. The second-order valence-corrected chi connectivity index (χ2v) is 4.42. The Morgan fingerprint density at radius 3 is 2.62 bits per heavy atom. The first-order valence-electron chi connectivity index (χ1n) is 6.22. The van der Waals surface area contributed by atoms with Crippen LogP contribution in [0.3, 0.4) is 0 Å². The molecule has 0 unspecified atom stereocenters. The molecule has 2 N–H and O–H groups in total. The maximum atomic E-state index is 13.8. The summed E-state index contributed by atoms with van der Waals surface area (Å²) in [6.07, 6.45) is -0.300. The second-order valence-electron chi connectivity index (χ2n) is 4.42. The molecule has 1 amide bonds. The lowest BCUT2D eigenvalue weighted by Gasteiger charge is -2.14. The molecule has 1 atom stereocenters. The minimum absolute atomic E-state index is 0.138. The molecular weight excluding hydrogens is 281 g/mol. The third-order valence-electron chi connectivity index (χ3n) is 2.90. The number of hydrogen-bond acceptors (Lipinski definition) is 4. The number of carbonyl (C=O) groups excluding carboxylic acids is 2. The Morgan fingerprint density at radius 2 is 2.05 bits per heavy atom. The van der Waals surface area contributed by atoms with E-state index in [2.05, 4.69) is 10.1 Å². The van der Waals surface area contributed by atoms with E-state index >= 15 is 0 Å². The monoisotopic (exact) mass is 297 g/mol. The molecule has 21 heavy (non-hydrogen) atoms. The molecule has 0 radical (unpaired) electrons. The highest BCUT2D eigenvalue weighted by Gasteiger charge is 2.23. The molecule has 7 heteroatoms. The fourth-order valence-electron chi connectivity index (χ4n) is 1.68. The molecule has 0 aliphatic carbocycles. The molecular formula is C14H16FNO5. The van der Waals surface area contributed by atoms with Gasteiger partial charge < -0.3 is 15.2 Å². The van der Waals surface area contributed by atoms with Crippen LogP contribution in [0.1, 0.15) is 28.8 Å². The number of nitrogens with one attached hydrogen (secondary N) is 1. The average Bonchev–Trinajstić information content (AvgIpc) is 2.45. The normalized spacial score (nSPS) is 11.6. The van der Waals surface area contributed by atoms with Gasteiger partial charge in [0.2, 0.25) is 0 Å². The molecule has 0 saturated carbocycles. The number of halogens is 1. The van der Waals surface area contributed by atoms with Crippen molar-refractivity contribution in [1.82, 2.24) is 5.32 Å². The first-order valence-corrected chi connectivity index (χ1v) is 6.22.